The van der Waals surface area contributed by atoms with Crippen LogP contribution in [-0.2, 0) is 16.1 Å². The molecule has 2 aromatic carbocycles. The third-order valence-corrected chi connectivity index (χ3v) is 5.31. The van der Waals surface area contributed by atoms with Crippen molar-refractivity contribution in [1.29, 1.82) is 0 Å². The number of hydrogen-bond acceptors (Lipinski definition) is 3. The van der Waals surface area contributed by atoms with E-state index in [0.717, 1.165) is 6.42 Å². The maximum absolute atomic E-state index is 13.1. The predicted octanol–water partition coefficient (Wildman–Crippen LogP) is 5.36. The predicted molar refractivity (Wildman–Crippen MR) is 121 cm³/mol. The van der Waals surface area contributed by atoms with Crippen molar-refractivity contribution in [3.63, 3.8) is 0 Å². The van der Waals surface area contributed by atoms with Crippen molar-refractivity contribution in [3.8, 4) is 5.75 Å². The lowest BCUT2D eigenvalue weighted by Crippen LogP contribution is -2.50. The molecule has 8 heteroatoms. The van der Waals surface area contributed by atoms with Crippen molar-refractivity contribution in [3.05, 3.63) is 63.1 Å². The summed E-state index contributed by atoms with van der Waals surface area (Å²) in [4.78, 5) is 27.3. The summed E-state index contributed by atoms with van der Waals surface area (Å²) in [6.07, 6.45) is 1.26. The van der Waals surface area contributed by atoms with Gasteiger partial charge in [0.25, 0.3) is 5.91 Å². The second-order valence-corrected chi connectivity index (χ2v) is 8.00. The highest BCUT2D eigenvalue weighted by Gasteiger charge is 2.29. The smallest absolute Gasteiger partial charge is 0.261 e. The Morgan fingerprint density at radius 2 is 1.70 bits per heavy atom. The van der Waals surface area contributed by atoms with E-state index >= 15 is 0 Å². The highest BCUT2D eigenvalue weighted by Crippen LogP contribution is 2.24. The molecule has 2 rings (SSSR count). The summed E-state index contributed by atoms with van der Waals surface area (Å²) < 4.78 is 5.61. The van der Waals surface area contributed by atoms with E-state index in [4.69, 9.17) is 39.5 Å². The van der Waals surface area contributed by atoms with Crippen molar-refractivity contribution in [2.45, 2.75) is 39.3 Å². The van der Waals surface area contributed by atoms with E-state index in [1.165, 1.54) is 4.90 Å². The Balaban J connectivity index is 2.22. The maximum Gasteiger partial charge on any atom is 0.261 e. The van der Waals surface area contributed by atoms with Crippen LogP contribution in [0.4, 0.5) is 0 Å². The van der Waals surface area contributed by atoms with Crippen LogP contribution in [0.1, 0.15) is 32.3 Å². The van der Waals surface area contributed by atoms with Gasteiger partial charge in [-0.2, -0.15) is 0 Å². The van der Waals surface area contributed by atoms with Crippen LogP contribution in [-0.4, -0.2) is 35.9 Å². The van der Waals surface area contributed by atoms with Crippen molar-refractivity contribution >= 4 is 46.6 Å². The minimum atomic E-state index is -0.649. The highest BCUT2D eigenvalue weighted by molar-refractivity contribution is 6.35. The lowest BCUT2D eigenvalue weighted by molar-refractivity contribution is -0.143. The average molecular weight is 472 g/mol. The molecule has 0 spiro atoms. The van der Waals surface area contributed by atoms with Gasteiger partial charge in [0.15, 0.2) is 6.61 Å². The van der Waals surface area contributed by atoms with Gasteiger partial charge in [0.05, 0.1) is 0 Å². The first-order valence-corrected chi connectivity index (χ1v) is 10.9. The summed E-state index contributed by atoms with van der Waals surface area (Å²) >= 11 is 18.2. The lowest BCUT2D eigenvalue weighted by atomic mass is 10.1. The minimum Gasteiger partial charge on any atom is -0.484 e. The second kappa shape index (κ2) is 12.0. The Morgan fingerprint density at radius 1 is 1.03 bits per heavy atom. The minimum absolute atomic E-state index is 0.164. The molecular formula is C22H25Cl3N2O3. The molecule has 0 aromatic heterocycles. The van der Waals surface area contributed by atoms with Crippen LogP contribution in [0.2, 0.25) is 15.1 Å². The Morgan fingerprint density at radius 3 is 2.30 bits per heavy atom. The number of rotatable bonds is 10. The average Bonchev–Trinajstić information content (AvgIpc) is 2.73. The molecule has 1 atom stereocenters. The van der Waals surface area contributed by atoms with Gasteiger partial charge in [0.2, 0.25) is 5.91 Å². The molecule has 0 saturated heterocycles. The third-order valence-electron chi connectivity index (χ3n) is 4.47. The van der Waals surface area contributed by atoms with E-state index in [2.05, 4.69) is 5.32 Å². The molecule has 0 saturated carbocycles. The number of nitrogens with one attached hydrogen (secondary N) is 1. The largest absolute Gasteiger partial charge is 0.484 e. The Bertz CT molecular complexity index is 859. The molecule has 0 aliphatic carbocycles. The zero-order chi connectivity index (χ0) is 22.1. The molecule has 2 amide bonds. The molecule has 5 nitrogen and oxygen atoms in total. The lowest BCUT2D eigenvalue weighted by Gasteiger charge is -2.30. The molecule has 162 valence electrons. The van der Waals surface area contributed by atoms with Gasteiger partial charge in [-0.25, -0.2) is 0 Å². The number of benzene rings is 2. The van der Waals surface area contributed by atoms with Gasteiger partial charge in [-0.05, 0) is 54.8 Å². The summed E-state index contributed by atoms with van der Waals surface area (Å²) in [5.74, 6) is -0.0144. The maximum atomic E-state index is 13.1. The van der Waals surface area contributed by atoms with E-state index in [1.54, 1.807) is 42.5 Å². The van der Waals surface area contributed by atoms with Crippen LogP contribution in [0.5, 0.6) is 5.75 Å². The zero-order valence-electron chi connectivity index (χ0n) is 17.0. The van der Waals surface area contributed by atoms with E-state index < -0.39 is 6.04 Å². The second-order valence-electron chi connectivity index (χ2n) is 6.72. The first kappa shape index (κ1) is 24.3. The molecule has 0 aliphatic heterocycles. The van der Waals surface area contributed by atoms with E-state index in [1.807, 2.05) is 13.8 Å². The summed E-state index contributed by atoms with van der Waals surface area (Å²) in [5.41, 5.74) is 0.697. The SMILES string of the molecule is CCCNC(=O)C(CC)N(Cc1ccc(Cl)cc1Cl)C(=O)COc1ccc(Cl)cc1. The molecule has 0 aliphatic rings. The van der Waals surface area contributed by atoms with Crippen molar-refractivity contribution in [1.82, 2.24) is 10.2 Å². The quantitative estimate of drug-likeness (QED) is 0.507. The molecule has 1 N–H and O–H groups in total. The number of carbonyl (C=O) groups excluding carboxylic acids is 2. The van der Waals surface area contributed by atoms with Crippen molar-refractivity contribution < 1.29 is 14.3 Å². The van der Waals surface area contributed by atoms with Crippen LogP contribution < -0.4 is 10.1 Å². The fourth-order valence-corrected chi connectivity index (χ4v) is 3.47. The van der Waals surface area contributed by atoms with Gasteiger partial charge in [-0.1, -0.05) is 54.7 Å². The van der Waals surface area contributed by atoms with E-state index in [-0.39, 0.29) is 25.0 Å². The molecule has 2 aromatic rings. The van der Waals surface area contributed by atoms with Crippen LogP contribution in [0, 0.1) is 0 Å². The summed E-state index contributed by atoms with van der Waals surface area (Å²) in [5, 5.41) is 4.37. The number of nitrogens with zero attached hydrogens (tertiary/aromatic N) is 1. The molecule has 30 heavy (non-hydrogen) atoms. The topological polar surface area (TPSA) is 58.6 Å². The monoisotopic (exact) mass is 470 g/mol. The number of ether oxygens (including phenoxy) is 1. The fraction of sp³-hybridized carbons (Fsp3) is 0.364. The third kappa shape index (κ3) is 7.08. The first-order chi connectivity index (χ1) is 14.3. The van der Waals surface area contributed by atoms with E-state index in [9.17, 15) is 9.59 Å². The van der Waals surface area contributed by atoms with Gasteiger partial charge >= 0.3 is 0 Å². The fourth-order valence-electron chi connectivity index (χ4n) is 2.88. The Kier molecular flexibility index (Phi) is 9.76. The highest BCUT2D eigenvalue weighted by atomic mass is 35.5. The molecule has 0 heterocycles. The van der Waals surface area contributed by atoms with Crippen molar-refractivity contribution in [2.24, 2.45) is 0 Å². The van der Waals surface area contributed by atoms with Gasteiger partial charge in [0.1, 0.15) is 11.8 Å². The standard InChI is InChI=1S/C22H25Cl3N2O3/c1-3-11-26-22(29)20(4-2)27(13-15-5-6-17(24)12-19(15)25)21(28)14-30-18-9-7-16(23)8-10-18/h5-10,12,20H,3-4,11,13-14H2,1-2H3,(H,26,29). The molecular weight excluding hydrogens is 447 g/mol. The summed E-state index contributed by atoms with van der Waals surface area (Å²) in [6, 6.07) is 11.1. The van der Waals surface area contributed by atoms with Crippen molar-refractivity contribution in [2.75, 3.05) is 13.2 Å². The number of carbonyl (C=O) groups is 2. The number of hydrogen-bond donors (Lipinski definition) is 1. The van der Waals surface area contributed by atoms with Crippen LogP contribution >= 0.6 is 34.8 Å². The first-order valence-electron chi connectivity index (χ1n) is 9.75. The van der Waals surface area contributed by atoms with E-state index in [0.29, 0.717) is 39.3 Å². The molecule has 0 fully saturated rings. The molecule has 0 radical (unpaired) electrons. The number of halogens is 3. The summed E-state index contributed by atoms with van der Waals surface area (Å²) in [6.45, 7) is 4.32. The van der Waals surface area contributed by atoms with Gasteiger partial charge < -0.3 is 15.0 Å². The van der Waals surface area contributed by atoms with Crippen LogP contribution in [0.3, 0.4) is 0 Å². The Labute approximate surface area is 192 Å². The normalized spacial score (nSPS) is 11.6. The number of amides is 2. The van der Waals surface area contributed by atoms with Crippen LogP contribution in [0.15, 0.2) is 42.5 Å². The molecule has 0 bridgehead atoms. The zero-order valence-corrected chi connectivity index (χ0v) is 19.2. The van der Waals surface area contributed by atoms with Crippen LogP contribution in [0.25, 0.3) is 0 Å². The Hall–Kier alpha value is -1.95. The van der Waals surface area contributed by atoms with Gasteiger partial charge in [-0.3, -0.25) is 9.59 Å². The van der Waals surface area contributed by atoms with Gasteiger partial charge in [0, 0.05) is 28.2 Å². The van der Waals surface area contributed by atoms with Gasteiger partial charge in [-0.15, -0.1) is 0 Å². The summed E-state index contributed by atoms with van der Waals surface area (Å²) in [7, 11) is 0. The molecule has 1 unspecified atom stereocenters.